The number of halogens is 1. The van der Waals surface area contributed by atoms with Crippen molar-refractivity contribution in [3.05, 3.63) is 60.4 Å². The number of H-pyrrole nitrogens is 1. The Labute approximate surface area is 153 Å². The van der Waals surface area contributed by atoms with Gasteiger partial charge in [-0.1, -0.05) is 11.6 Å². The summed E-state index contributed by atoms with van der Waals surface area (Å²) in [5.74, 6) is 0. The Bertz CT molecular complexity index is 1270. The van der Waals surface area contributed by atoms with Crippen molar-refractivity contribution in [1.82, 2.24) is 29.7 Å². The number of aromatic nitrogens is 6. The van der Waals surface area contributed by atoms with E-state index in [1.165, 1.54) is 0 Å². The first-order valence-corrected chi connectivity index (χ1v) is 8.43. The van der Waals surface area contributed by atoms with Gasteiger partial charge < -0.3 is 4.98 Å². The first-order valence-electron chi connectivity index (χ1n) is 8.05. The zero-order valence-electron chi connectivity index (χ0n) is 13.8. The topological polar surface area (TPSA) is 72.3 Å². The van der Waals surface area contributed by atoms with Crippen LogP contribution in [0.1, 0.15) is 0 Å². The predicted molar refractivity (Wildman–Crippen MR) is 102 cm³/mol. The van der Waals surface area contributed by atoms with Gasteiger partial charge in [-0.05, 0) is 18.2 Å². The van der Waals surface area contributed by atoms with E-state index in [0.717, 1.165) is 44.3 Å². The zero-order valence-corrected chi connectivity index (χ0v) is 14.6. The molecular formula is C19H13ClN6. The SMILES string of the molecule is Cn1cc(-c2cnc3[nH]c4cnc(-c5cnccc5Cl)cc4c3c2)cn1. The molecule has 0 aliphatic carbocycles. The maximum absolute atomic E-state index is 6.30. The third-order valence-electron chi connectivity index (χ3n) is 4.42. The summed E-state index contributed by atoms with van der Waals surface area (Å²) in [5.41, 5.74) is 5.39. The summed E-state index contributed by atoms with van der Waals surface area (Å²) in [6.07, 6.45) is 10.9. The molecule has 0 spiro atoms. The average Bonchev–Trinajstić information content (AvgIpc) is 3.24. The van der Waals surface area contributed by atoms with E-state index < -0.39 is 0 Å². The van der Waals surface area contributed by atoms with Gasteiger partial charge in [-0.15, -0.1) is 0 Å². The van der Waals surface area contributed by atoms with Crippen LogP contribution in [-0.4, -0.2) is 29.7 Å². The highest BCUT2D eigenvalue weighted by molar-refractivity contribution is 6.33. The van der Waals surface area contributed by atoms with Crippen LogP contribution >= 0.6 is 11.6 Å². The molecule has 0 radical (unpaired) electrons. The van der Waals surface area contributed by atoms with Gasteiger partial charge in [0.25, 0.3) is 0 Å². The quantitative estimate of drug-likeness (QED) is 0.511. The molecule has 5 aromatic heterocycles. The summed E-state index contributed by atoms with van der Waals surface area (Å²) in [6.45, 7) is 0. The van der Waals surface area contributed by atoms with E-state index in [1.807, 2.05) is 31.7 Å². The molecule has 5 heterocycles. The van der Waals surface area contributed by atoms with Gasteiger partial charge >= 0.3 is 0 Å². The highest BCUT2D eigenvalue weighted by Gasteiger charge is 2.12. The fourth-order valence-corrected chi connectivity index (χ4v) is 3.32. The molecular weight excluding hydrogens is 348 g/mol. The number of pyridine rings is 3. The van der Waals surface area contributed by atoms with Crippen molar-refractivity contribution in [3.63, 3.8) is 0 Å². The molecule has 126 valence electrons. The molecule has 5 rings (SSSR count). The largest absolute Gasteiger partial charge is 0.338 e. The van der Waals surface area contributed by atoms with Gasteiger partial charge in [0.15, 0.2) is 0 Å². The smallest absolute Gasteiger partial charge is 0.138 e. The number of hydrogen-bond acceptors (Lipinski definition) is 4. The number of aromatic amines is 1. The van der Waals surface area contributed by atoms with E-state index in [2.05, 4.69) is 31.1 Å². The second kappa shape index (κ2) is 5.64. The van der Waals surface area contributed by atoms with Gasteiger partial charge in [0.05, 0.1) is 28.6 Å². The standard InChI is InChI=1S/C19H13ClN6/c1-26-10-12(7-24-26)11-4-14-13-5-17(15-8-21-3-2-16(15)20)22-9-18(13)25-19(14)23-6-11/h2-10H,1H3,(H,23,25). The molecule has 0 atom stereocenters. The van der Waals surface area contributed by atoms with E-state index in [9.17, 15) is 0 Å². The van der Waals surface area contributed by atoms with Crippen molar-refractivity contribution in [2.75, 3.05) is 0 Å². The van der Waals surface area contributed by atoms with Crippen LogP contribution in [0.15, 0.2) is 55.4 Å². The second-order valence-electron chi connectivity index (χ2n) is 6.12. The Morgan fingerprint density at radius 1 is 1.00 bits per heavy atom. The van der Waals surface area contributed by atoms with Gasteiger partial charge in [0, 0.05) is 59.3 Å². The number of nitrogens with zero attached hydrogens (tertiary/aromatic N) is 5. The summed E-state index contributed by atoms with van der Waals surface area (Å²) in [7, 11) is 1.90. The third-order valence-corrected chi connectivity index (χ3v) is 4.75. The second-order valence-corrected chi connectivity index (χ2v) is 6.53. The number of nitrogens with one attached hydrogen (secondary N) is 1. The molecule has 0 aliphatic heterocycles. The van der Waals surface area contributed by atoms with Gasteiger partial charge in [-0.3, -0.25) is 14.6 Å². The Morgan fingerprint density at radius 3 is 2.73 bits per heavy atom. The molecule has 1 N–H and O–H groups in total. The summed E-state index contributed by atoms with van der Waals surface area (Å²) < 4.78 is 1.78. The monoisotopic (exact) mass is 360 g/mol. The van der Waals surface area contributed by atoms with Gasteiger partial charge in [0.1, 0.15) is 5.65 Å². The summed E-state index contributed by atoms with van der Waals surface area (Å²) in [4.78, 5) is 16.6. The Morgan fingerprint density at radius 2 is 1.92 bits per heavy atom. The molecule has 0 amide bonds. The highest BCUT2D eigenvalue weighted by atomic mass is 35.5. The van der Waals surface area contributed by atoms with Crippen molar-refractivity contribution in [2.24, 2.45) is 7.05 Å². The van der Waals surface area contributed by atoms with Crippen molar-refractivity contribution in [2.45, 2.75) is 0 Å². The first kappa shape index (κ1) is 15.0. The van der Waals surface area contributed by atoms with Crippen LogP contribution in [0.2, 0.25) is 5.02 Å². The lowest BCUT2D eigenvalue weighted by molar-refractivity contribution is 0.768. The molecule has 0 aromatic carbocycles. The average molecular weight is 361 g/mol. The maximum Gasteiger partial charge on any atom is 0.138 e. The number of rotatable bonds is 2. The fourth-order valence-electron chi connectivity index (χ4n) is 3.12. The van der Waals surface area contributed by atoms with Crippen molar-refractivity contribution >= 4 is 33.5 Å². The molecule has 0 bridgehead atoms. The van der Waals surface area contributed by atoms with E-state index >= 15 is 0 Å². The van der Waals surface area contributed by atoms with Crippen LogP contribution < -0.4 is 0 Å². The van der Waals surface area contributed by atoms with E-state index in [4.69, 9.17) is 11.6 Å². The molecule has 7 heteroatoms. The minimum Gasteiger partial charge on any atom is -0.338 e. The summed E-state index contributed by atoms with van der Waals surface area (Å²) >= 11 is 6.30. The minimum atomic E-state index is 0.626. The molecule has 26 heavy (non-hydrogen) atoms. The van der Waals surface area contributed by atoms with E-state index in [1.54, 1.807) is 29.3 Å². The molecule has 0 fully saturated rings. The molecule has 5 aromatic rings. The number of fused-ring (bicyclic) bond motifs is 3. The molecule has 0 saturated carbocycles. The first-order chi connectivity index (χ1) is 12.7. The number of hydrogen-bond donors (Lipinski definition) is 1. The summed E-state index contributed by atoms with van der Waals surface area (Å²) in [5, 5.41) is 6.94. The lowest BCUT2D eigenvalue weighted by Crippen LogP contribution is -1.86. The minimum absolute atomic E-state index is 0.626. The van der Waals surface area contributed by atoms with Crippen LogP contribution in [0.5, 0.6) is 0 Å². The van der Waals surface area contributed by atoms with Crippen molar-refractivity contribution in [3.8, 4) is 22.4 Å². The van der Waals surface area contributed by atoms with Crippen LogP contribution in [0.4, 0.5) is 0 Å². The fraction of sp³-hybridized carbons (Fsp3) is 0.0526. The molecule has 6 nitrogen and oxygen atoms in total. The Hall–Kier alpha value is -3.25. The van der Waals surface area contributed by atoms with Gasteiger partial charge in [-0.2, -0.15) is 5.10 Å². The molecule has 0 aliphatic rings. The van der Waals surface area contributed by atoms with Crippen LogP contribution in [0, 0.1) is 0 Å². The lowest BCUT2D eigenvalue weighted by atomic mass is 10.1. The predicted octanol–water partition coefficient (Wildman–Crippen LogP) is 4.23. The highest BCUT2D eigenvalue weighted by Crippen LogP contribution is 2.32. The maximum atomic E-state index is 6.30. The number of aryl methyl sites for hydroxylation is 1. The summed E-state index contributed by atoms with van der Waals surface area (Å²) in [6, 6.07) is 5.90. The Kier molecular flexibility index (Phi) is 3.26. The zero-order chi connectivity index (χ0) is 17.7. The van der Waals surface area contributed by atoms with Gasteiger partial charge in [-0.25, -0.2) is 4.98 Å². The third kappa shape index (κ3) is 2.34. The van der Waals surface area contributed by atoms with E-state index in [0.29, 0.717) is 5.02 Å². The normalized spacial score (nSPS) is 11.5. The van der Waals surface area contributed by atoms with Crippen LogP contribution in [0.3, 0.4) is 0 Å². The van der Waals surface area contributed by atoms with Crippen LogP contribution in [-0.2, 0) is 7.05 Å². The van der Waals surface area contributed by atoms with Gasteiger partial charge in [0.2, 0.25) is 0 Å². The lowest BCUT2D eigenvalue weighted by Gasteiger charge is -2.03. The molecule has 0 unspecified atom stereocenters. The Balaban J connectivity index is 1.73. The van der Waals surface area contributed by atoms with Crippen molar-refractivity contribution < 1.29 is 0 Å². The van der Waals surface area contributed by atoms with Crippen LogP contribution in [0.25, 0.3) is 44.3 Å². The van der Waals surface area contributed by atoms with E-state index in [-0.39, 0.29) is 0 Å². The van der Waals surface area contributed by atoms with Crippen molar-refractivity contribution in [1.29, 1.82) is 0 Å². The molecule has 0 saturated heterocycles.